The Kier molecular flexibility index (Phi) is 4.53. The number of nitrogens with one attached hydrogen (secondary N) is 2. The van der Waals surface area contributed by atoms with Crippen LogP contribution in [0.25, 0.3) is 0 Å². The van der Waals surface area contributed by atoms with Gasteiger partial charge in [-0.1, -0.05) is 6.07 Å². The maximum absolute atomic E-state index is 13.2. The van der Waals surface area contributed by atoms with Crippen molar-refractivity contribution in [3.05, 3.63) is 53.8 Å². The average Bonchev–Trinajstić information content (AvgIpc) is 2.43. The van der Waals surface area contributed by atoms with Crippen molar-refractivity contribution in [2.45, 2.75) is 6.92 Å². The highest BCUT2D eigenvalue weighted by atomic mass is 32.1. The second-order valence-corrected chi connectivity index (χ2v) is 4.68. The third-order valence-corrected chi connectivity index (χ3v) is 3.00. The van der Waals surface area contributed by atoms with Gasteiger partial charge in [-0.2, -0.15) is 0 Å². The Morgan fingerprint density at radius 1 is 1.10 bits per heavy atom. The zero-order valence-corrected chi connectivity index (χ0v) is 12.1. The Morgan fingerprint density at radius 3 is 2.45 bits per heavy atom. The van der Waals surface area contributed by atoms with Crippen LogP contribution < -0.4 is 15.4 Å². The van der Waals surface area contributed by atoms with Gasteiger partial charge in [-0.25, -0.2) is 4.39 Å². The SMILES string of the molecule is COc1ccc(NC(=S)Nc2cc(F)ccc2C)cc1. The molecule has 0 radical (unpaired) electrons. The van der Waals surface area contributed by atoms with Gasteiger partial charge in [0.1, 0.15) is 11.6 Å². The van der Waals surface area contributed by atoms with E-state index in [1.54, 1.807) is 13.2 Å². The van der Waals surface area contributed by atoms with Crippen molar-refractivity contribution >= 4 is 28.7 Å². The van der Waals surface area contributed by atoms with E-state index in [-0.39, 0.29) is 5.82 Å². The third kappa shape index (κ3) is 3.68. The zero-order chi connectivity index (χ0) is 14.5. The molecule has 2 aromatic rings. The molecule has 0 aliphatic carbocycles. The largest absolute Gasteiger partial charge is 0.497 e. The number of anilines is 2. The first-order chi connectivity index (χ1) is 9.58. The molecular formula is C15H15FN2OS. The normalized spacial score (nSPS) is 9.95. The lowest BCUT2D eigenvalue weighted by Gasteiger charge is -2.12. The highest BCUT2D eigenvalue weighted by Gasteiger charge is 2.03. The van der Waals surface area contributed by atoms with Crippen molar-refractivity contribution in [2.75, 3.05) is 17.7 Å². The second kappa shape index (κ2) is 6.34. The molecule has 0 spiro atoms. The number of rotatable bonds is 3. The highest BCUT2D eigenvalue weighted by molar-refractivity contribution is 7.80. The van der Waals surface area contributed by atoms with Crippen LogP contribution in [0.2, 0.25) is 0 Å². The molecule has 0 aliphatic rings. The van der Waals surface area contributed by atoms with Crippen LogP contribution in [-0.2, 0) is 0 Å². The van der Waals surface area contributed by atoms with E-state index in [0.717, 1.165) is 17.0 Å². The van der Waals surface area contributed by atoms with E-state index in [4.69, 9.17) is 17.0 Å². The lowest BCUT2D eigenvalue weighted by molar-refractivity contribution is 0.415. The first-order valence-corrected chi connectivity index (χ1v) is 6.47. The van der Waals surface area contributed by atoms with Gasteiger partial charge in [0.25, 0.3) is 0 Å². The molecule has 0 saturated heterocycles. The average molecular weight is 290 g/mol. The van der Waals surface area contributed by atoms with Gasteiger partial charge in [0.05, 0.1) is 7.11 Å². The summed E-state index contributed by atoms with van der Waals surface area (Å²) in [5, 5.41) is 6.41. The molecule has 0 heterocycles. The Hall–Kier alpha value is -2.14. The molecule has 0 fully saturated rings. The number of hydrogen-bond donors (Lipinski definition) is 2. The fourth-order valence-electron chi connectivity index (χ4n) is 1.69. The van der Waals surface area contributed by atoms with Crippen LogP contribution in [0.1, 0.15) is 5.56 Å². The van der Waals surface area contributed by atoms with E-state index in [9.17, 15) is 4.39 Å². The summed E-state index contributed by atoms with van der Waals surface area (Å²) in [6.45, 7) is 1.89. The molecule has 0 amide bonds. The van der Waals surface area contributed by atoms with Crippen molar-refractivity contribution in [3.8, 4) is 5.75 Å². The summed E-state index contributed by atoms with van der Waals surface area (Å²) in [5.74, 6) is 0.473. The lowest BCUT2D eigenvalue weighted by atomic mass is 10.2. The molecule has 2 rings (SSSR count). The van der Waals surface area contributed by atoms with E-state index in [0.29, 0.717) is 10.8 Å². The monoisotopic (exact) mass is 290 g/mol. The van der Waals surface area contributed by atoms with Crippen LogP contribution in [0.15, 0.2) is 42.5 Å². The number of hydrogen-bond acceptors (Lipinski definition) is 2. The predicted molar refractivity (Wildman–Crippen MR) is 84.0 cm³/mol. The van der Waals surface area contributed by atoms with Crippen LogP contribution in [-0.4, -0.2) is 12.2 Å². The molecule has 0 aromatic heterocycles. The van der Waals surface area contributed by atoms with Crippen molar-refractivity contribution in [3.63, 3.8) is 0 Å². The lowest BCUT2D eigenvalue weighted by Crippen LogP contribution is -2.19. The molecule has 104 valence electrons. The second-order valence-electron chi connectivity index (χ2n) is 4.27. The van der Waals surface area contributed by atoms with E-state index in [2.05, 4.69) is 10.6 Å². The smallest absolute Gasteiger partial charge is 0.175 e. The van der Waals surface area contributed by atoms with Crippen molar-refractivity contribution in [2.24, 2.45) is 0 Å². The molecule has 0 saturated carbocycles. The first-order valence-electron chi connectivity index (χ1n) is 6.06. The van der Waals surface area contributed by atoms with Crippen LogP contribution >= 0.6 is 12.2 Å². The number of ether oxygens (including phenoxy) is 1. The Morgan fingerprint density at radius 2 is 1.80 bits per heavy atom. The maximum Gasteiger partial charge on any atom is 0.175 e. The number of halogens is 1. The summed E-state index contributed by atoms with van der Waals surface area (Å²) >= 11 is 5.21. The van der Waals surface area contributed by atoms with Gasteiger partial charge in [0.2, 0.25) is 0 Å². The number of thiocarbonyl (C=S) groups is 1. The Bertz CT molecular complexity index is 614. The quantitative estimate of drug-likeness (QED) is 0.839. The van der Waals surface area contributed by atoms with Gasteiger partial charge in [0.15, 0.2) is 5.11 Å². The summed E-state index contributed by atoms with van der Waals surface area (Å²) in [5.41, 5.74) is 2.40. The van der Waals surface area contributed by atoms with Crippen LogP contribution in [0, 0.1) is 12.7 Å². The molecule has 0 bridgehead atoms. The molecule has 20 heavy (non-hydrogen) atoms. The standard InChI is InChI=1S/C15H15FN2OS/c1-10-3-4-11(16)9-14(10)18-15(20)17-12-5-7-13(19-2)8-6-12/h3-9H,1-2H3,(H2,17,18,20). The summed E-state index contributed by atoms with van der Waals surface area (Å²) in [6.07, 6.45) is 0. The van der Waals surface area contributed by atoms with E-state index in [1.165, 1.54) is 12.1 Å². The highest BCUT2D eigenvalue weighted by Crippen LogP contribution is 2.18. The summed E-state index contributed by atoms with van der Waals surface area (Å²) in [7, 11) is 1.61. The topological polar surface area (TPSA) is 33.3 Å². The molecule has 0 unspecified atom stereocenters. The summed E-state index contributed by atoms with van der Waals surface area (Å²) in [6, 6.07) is 11.9. The van der Waals surface area contributed by atoms with Crippen LogP contribution in [0.5, 0.6) is 5.75 Å². The minimum Gasteiger partial charge on any atom is -0.497 e. The molecule has 0 aliphatic heterocycles. The zero-order valence-electron chi connectivity index (χ0n) is 11.2. The fraction of sp³-hybridized carbons (Fsp3) is 0.133. The minimum absolute atomic E-state index is 0.301. The molecule has 3 nitrogen and oxygen atoms in total. The molecule has 2 N–H and O–H groups in total. The molecule has 0 atom stereocenters. The van der Waals surface area contributed by atoms with E-state index in [1.807, 2.05) is 31.2 Å². The third-order valence-electron chi connectivity index (χ3n) is 2.80. The Balaban J connectivity index is 2.03. The van der Waals surface area contributed by atoms with Crippen molar-refractivity contribution in [1.82, 2.24) is 0 Å². The number of benzene rings is 2. The molecular weight excluding hydrogens is 275 g/mol. The van der Waals surface area contributed by atoms with E-state index >= 15 is 0 Å². The van der Waals surface area contributed by atoms with Gasteiger partial charge in [-0.15, -0.1) is 0 Å². The minimum atomic E-state index is -0.301. The van der Waals surface area contributed by atoms with Crippen molar-refractivity contribution < 1.29 is 9.13 Å². The Labute approximate surface area is 122 Å². The maximum atomic E-state index is 13.2. The summed E-state index contributed by atoms with van der Waals surface area (Å²) < 4.78 is 18.3. The first kappa shape index (κ1) is 14.3. The van der Waals surface area contributed by atoms with Gasteiger partial charge in [0, 0.05) is 11.4 Å². The van der Waals surface area contributed by atoms with E-state index < -0.39 is 0 Å². The van der Waals surface area contributed by atoms with Crippen LogP contribution in [0.4, 0.5) is 15.8 Å². The van der Waals surface area contributed by atoms with Crippen molar-refractivity contribution in [1.29, 1.82) is 0 Å². The van der Waals surface area contributed by atoms with Gasteiger partial charge >= 0.3 is 0 Å². The number of aryl methyl sites for hydroxylation is 1. The summed E-state index contributed by atoms with van der Waals surface area (Å²) in [4.78, 5) is 0. The predicted octanol–water partition coefficient (Wildman–Crippen LogP) is 3.95. The van der Waals surface area contributed by atoms with Crippen LogP contribution in [0.3, 0.4) is 0 Å². The number of methoxy groups -OCH3 is 1. The van der Waals surface area contributed by atoms with Gasteiger partial charge in [-0.05, 0) is 61.1 Å². The van der Waals surface area contributed by atoms with Gasteiger partial charge in [-0.3, -0.25) is 0 Å². The fourth-order valence-corrected chi connectivity index (χ4v) is 1.92. The molecule has 5 heteroatoms. The molecule has 2 aromatic carbocycles. The van der Waals surface area contributed by atoms with Gasteiger partial charge < -0.3 is 15.4 Å².